The van der Waals surface area contributed by atoms with Crippen LogP contribution in [0.4, 0.5) is 5.82 Å². The van der Waals surface area contributed by atoms with E-state index in [0.717, 1.165) is 5.56 Å². The number of aromatic carboxylic acids is 1. The monoisotopic (exact) mass is 258 g/mol. The van der Waals surface area contributed by atoms with E-state index < -0.39 is 5.97 Å². The Hall–Kier alpha value is -2.63. The zero-order valence-electron chi connectivity index (χ0n) is 10.5. The molecule has 0 saturated heterocycles. The number of aromatic nitrogens is 3. The van der Waals surface area contributed by atoms with Gasteiger partial charge < -0.3 is 10.4 Å². The number of carbonyl (C=O) groups is 1. The summed E-state index contributed by atoms with van der Waals surface area (Å²) in [7, 11) is 0. The molecule has 1 heterocycles. The van der Waals surface area contributed by atoms with Gasteiger partial charge in [-0.05, 0) is 19.1 Å². The SMILES string of the molecule is C=CCNc1nn(-c2ccc(C)cc2)nc1C(=O)O. The highest BCUT2D eigenvalue weighted by atomic mass is 16.4. The Kier molecular flexibility index (Phi) is 3.61. The minimum absolute atomic E-state index is 0.109. The van der Waals surface area contributed by atoms with Crippen LogP contribution in [0.5, 0.6) is 0 Å². The Morgan fingerprint density at radius 1 is 1.42 bits per heavy atom. The molecule has 2 aromatic rings. The van der Waals surface area contributed by atoms with Crippen molar-refractivity contribution in [2.24, 2.45) is 0 Å². The van der Waals surface area contributed by atoms with Crippen molar-refractivity contribution in [3.8, 4) is 5.69 Å². The quantitative estimate of drug-likeness (QED) is 0.800. The Morgan fingerprint density at radius 3 is 2.68 bits per heavy atom. The van der Waals surface area contributed by atoms with Gasteiger partial charge in [0, 0.05) is 6.54 Å². The van der Waals surface area contributed by atoms with Gasteiger partial charge in [0.1, 0.15) is 0 Å². The third-order valence-electron chi connectivity index (χ3n) is 2.50. The van der Waals surface area contributed by atoms with E-state index in [0.29, 0.717) is 12.2 Å². The lowest BCUT2D eigenvalue weighted by Gasteiger charge is -1.99. The van der Waals surface area contributed by atoms with Crippen molar-refractivity contribution in [2.45, 2.75) is 6.92 Å². The van der Waals surface area contributed by atoms with E-state index in [9.17, 15) is 4.79 Å². The molecule has 0 spiro atoms. The van der Waals surface area contributed by atoms with E-state index in [1.165, 1.54) is 4.80 Å². The van der Waals surface area contributed by atoms with Gasteiger partial charge in [0.25, 0.3) is 0 Å². The molecule has 1 aromatic heterocycles. The van der Waals surface area contributed by atoms with E-state index in [4.69, 9.17) is 5.11 Å². The average molecular weight is 258 g/mol. The number of hydrogen-bond acceptors (Lipinski definition) is 4. The van der Waals surface area contributed by atoms with Gasteiger partial charge in [-0.3, -0.25) is 0 Å². The summed E-state index contributed by atoms with van der Waals surface area (Å²) < 4.78 is 0. The van der Waals surface area contributed by atoms with Gasteiger partial charge in [-0.25, -0.2) is 4.79 Å². The van der Waals surface area contributed by atoms with E-state index >= 15 is 0 Å². The van der Waals surface area contributed by atoms with Crippen LogP contribution in [0.1, 0.15) is 16.1 Å². The lowest BCUT2D eigenvalue weighted by molar-refractivity contribution is 0.0691. The summed E-state index contributed by atoms with van der Waals surface area (Å²) in [5, 5.41) is 20.0. The molecule has 0 aliphatic heterocycles. The smallest absolute Gasteiger partial charge is 0.360 e. The maximum Gasteiger partial charge on any atom is 0.360 e. The summed E-state index contributed by atoms with van der Waals surface area (Å²) in [5.41, 5.74) is 1.71. The Balaban J connectivity index is 2.39. The van der Waals surface area contributed by atoms with Crippen molar-refractivity contribution in [3.63, 3.8) is 0 Å². The number of nitrogens with zero attached hydrogens (tertiary/aromatic N) is 3. The second-order valence-corrected chi connectivity index (χ2v) is 4.00. The molecule has 0 fully saturated rings. The van der Waals surface area contributed by atoms with E-state index in [2.05, 4.69) is 22.1 Å². The van der Waals surface area contributed by atoms with E-state index in [-0.39, 0.29) is 11.5 Å². The van der Waals surface area contributed by atoms with Crippen LogP contribution in [0.25, 0.3) is 5.69 Å². The zero-order valence-corrected chi connectivity index (χ0v) is 10.5. The van der Waals surface area contributed by atoms with Crippen molar-refractivity contribution in [1.82, 2.24) is 15.0 Å². The van der Waals surface area contributed by atoms with Crippen LogP contribution in [-0.2, 0) is 0 Å². The van der Waals surface area contributed by atoms with Gasteiger partial charge in [-0.15, -0.1) is 21.6 Å². The number of aryl methyl sites for hydroxylation is 1. The van der Waals surface area contributed by atoms with Crippen LogP contribution in [-0.4, -0.2) is 32.6 Å². The van der Waals surface area contributed by atoms with Gasteiger partial charge in [-0.2, -0.15) is 0 Å². The second-order valence-electron chi connectivity index (χ2n) is 4.00. The van der Waals surface area contributed by atoms with Crippen molar-refractivity contribution in [2.75, 3.05) is 11.9 Å². The normalized spacial score (nSPS) is 10.2. The molecule has 0 aliphatic rings. The molecule has 0 unspecified atom stereocenters. The number of benzene rings is 1. The molecule has 1 aromatic carbocycles. The lowest BCUT2D eigenvalue weighted by atomic mass is 10.2. The molecule has 0 radical (unpaired) electrons. The molecular weight excluding hydrogens is 244 g/mol. The molecule has 0 atom stereocenters. The number of rotatable bonds is 5. The first-order valence-corrected chi connectivity index (χ1v) is 5.74. The van der Waals surface area contributed by atoms with E-state index in [1.54, 1.807) is 6.08 Å². The van der Waals surface area contributed by atoms with Crippen molar-refractivity contribution >= 4 is 11.8 Å². The first-order chi connectivity index (χ1) is 9.11. The Morgan fingerprint density at radius 2 is 2.11 bits per heavy atom. The minimum Gasteiger partial charge on any atom is -0.476 e. The van der Waals surface area contributed by atoms with Crippen LogP contribution in [0.2, 0.25) is 0 Å². The number of carboxylic acids is 1. The second kappa shape index (κ2) is 5.34. The molecule has 2 N–H and O–H groups in total. The topological polar surface area (TPSA) is 80.0 Å². The molecule has 19 heavy (non-hydrogen) atoms. The Labute approximate surface area is 110 Å². The fourth-order valence-corrected chi connectivity index (χ4v) is 1.53. The molecule has 0 saturated carbocycles. The number of carboxylic acid groups (broad SMARTS) is 1. The van der Waals surface area contributed by atoms with Crippen LogP contribution < -0.4 is 5.32 Å². The van der Waals surface area contributed by atoms with Crippen LogP contribution in [0.3, 0.4) is 0 Å². The summed E-state index contributed by atoms with van der Waals surface area (Å²) in [6.45, 7) is 5.96. The third kappa shape index (κ3) is 2.79. The fourth-order valence-electron chi connectivity index (χ4n) is 1.53. The summed E-state index contributed by atoms with van der Waals surface area (Å²) in [6, 6.07) is 7.49. The Bertz CT molecular complexity index is 602. The van der Waals surface area contributed by atoms with E-state index in [1.807, 2.05) is 31.2 Å². The van der Waals surface area contributed by atoms with Crippen LogP contribution in [0.15, 0.2) is 36.9 Å². The highest BCUT2D eigenvalue weighted by molar-refractivity contribution is 5.90. The summed E-state index contributed by atoms with van der Waals surface area (Å²) >= 11 is 0. The van der Waals surface area contributed by atoms with Crippen LogP contribution in [0, 0.1) is 6.92 Å². The first-order valence-electron chi connectivity index (χ1n) is 5.74. The van der Waals surface area contributed by atoms with Gasteiger partial charge in [0.05, 0.1) is 5.69 Å². The average Bonchev–Trinajstić information content (AvgIpc) is 2.81. The minimum atomic E-state index is -1.12. The molecule has 0 aliphatic carbocycles. The molecule has 6 nitrogen and oxygen atoms in total. The largest absolute Gasteiger partial charge is 0.476 e. The molecule has 2 rings (SSSR count). The van der Waals surface area contributed by atoms with Crippen LogP contribution >= 0.6 is 0 Å². The van der Waals surface area contributed by atoms with Gasteiger partial charge >= 0.3 is 5.97 Å². The first kappa shape index (κ1) is 12.8. The van der Waals surface area contributed by atoms with Gasteiger partial charge in [0.15, 0.2) is 5.82 Å². The summed E-state index contributed by atoms with van der Waals surface area (Å²) in [4.78, 5) is 12.4. The third-order valence-corrected chi connectivity index (χ3v) is 2.50. The zero-order chi connectivity index (χ0) is 13.8. The highest BCUT2D eigenvalue weighted by Crippen LogP contribution is 2.14. The molecular formula is C13H14N4O2. The predicted octanol–water partition coefficient (Wildman–Crippen LogP) is 1.87. The highest BCUT2D eigenvalue weighted by Gasteiger charge is 2.17. The van der Waals surface area contributed by atoms with Gasteiger partial charge in [-0.1, -0.05) is 23.8 Å². The fraction of sp³-hybridized carbons (Fsp3) is 0.154. The van der Waals surface area contributed by atoms with Crippen molar-refractivity contribution < 1.29 is 9.90 Å². The maximum absolute atomic E-state index is 11.1. The molecule has 98 valence electrons. The molecule has 0 bridgehead atoms. The number of nitrogens with one attached hydrogen (secondary N) is 1. The lowest BCUT2D eigenvalue weighted by Crippen LogP contribution is -2.05. The molecule has 6 heteroatoms. The van der Waals surface area contributed by atoms with Crippen molar-refractivity contribution in [3.05, 3.63) is 48.2 Å². The van der Waals surface area contributed by atoms with Gasteiger partial charge in [0.2, 0.25) is 5.69 Å². The maximum atomic E-state index is 11.1. The van der Waals surface area contributed by atoms with Crippen molar-refractivity contribution in [1.29, 1.82) is 0 Å². The summed E-state index contributed by atoms with van der Waals surface area (Å²) in [5.74, 6) is -0.891. The standard InChI is InChI=1S/C13H14N4O2/c1-3-8-14-12-11(13(18)19)15-17(16-12)10-6-4-9(2)5-7-10/h3-7H,1,8H2,2H3,(H,14,16)(H,18,19). The number of anilines is 1. The summed E-state index contributed by atoms with van der Waals surface area (Å²) in [6.07, 6.45) is 1.62. The predicted molar refractivity (Wildman–Crippen MR) is 71.7 cm³/mol. The number of hydrogen-bond donors (Lipinski definition) is 2. The molecule has 0 amide bonds.